The van der Waals surface area contributed by atoms with Gasteiger partial charge in [-0.05, 0) is 18.2 Å². The molecule has 0 bridgehead atoms. The topological polar surface area (TPSA) is 93.6 Å². The van der Waals surface area contributed by atoms with E-state index in [0.29, 0.717) is 5.39 Å². The fourth-order valence-corrected chi connectivity index (χ4v) is 4.13. The smallest absolute Gasteiger partial charge is 0.269 e. The van der Waals surface area contributed by atoms with Crippen LogP contribution in [0.15, 0.2) is 66.1 Å². The monoisotopic (exact) mass is 363 g/mol. The van der Waals surface area contributed by atoms with E-state index in [0.717, 1.165) is 15.1 Å². The van der Waals surface area contributed by atoms with Gasteiger partial charge in [-0.15, -0.1) is 0 Å². The molecule has 8 heteroatoms. The van der Waals surface area contributed by atoms with E-state index in [9.17, 15) is 13.7 Å². The first-order valence-electron chi connectivity index (χ1n) is 7.71. The average Bonchev–Trinajstić information content (AvgIpc) is 3.25. The van der Waals surface area contributed by atoms with Crippen molar-refractivity contribution in [2.75, 3.05) is 0 Å². The van der Waals surface area contributed by atoms with Gasteiger partial charge in [-0.3, -0.25) is 4.68 Å². The van der Waals surface area contributed by atoms with Gasteiger partial charge >= 0.3 is 0 Å². The van der Waals surface area contributed by atoms with Crippen molar-refractivity contribution in [1.29, 1.82) is 5.26 Å². The molecule has 3 aromatic heterocycles. The fourth-order valence-electron chi connectivity index (χ4n) is 2.79. The highest BCUT2D eigenvalue weighted by Crippen LogP contribution is 2.28. The third-order valence-electron chi connectivity index (χ3n) is 4.07. The molecule has 0 aliphatic rings. The minimum Gasteiger partial charge on any atom is -0.275 e. The molecule has 3 heterocycles. The molecular formula is C18H13N5O2S. The van der Waals surface area contributed by atoms with Gasteiger partial charge in [0.15, 0.2) is 5.65 Å². The van der Waals surface area contributed by atoms with E-state index in [-0.39, 0.29) is 16.1 Å². The van der Waals surface area contributed by atoms with Crippen LogP contribution in [0, 0.1) is 11.3 Å². The van der Waals surface area contributed by atoms with E-state index < -0.39 is 10.0 Å². The normalized spacial score (nSPS) is 11.5. The lowest BCUT2D eigenvalue weighted by atomic mass is 10.1. The molecule has 0 atom stereocenters. The molecule has 0 fully saturated rings. The predicted molar refractivity (Wildman–Crippen MR) is 95.7 cm³/mol. The van der Waals surface area contributed by atoms with Crippen molar-refractivity contribution in [1.82, 2.24) is 18.7 Å². The Labute approximate surface area is 149 Å². The summed E-state index contributed by atoms with van der Waals surface area (Å²) in [5.74, 6) is 0. The number of fused-ring (bicyclic) bond motifs is 1. The third kappa shape index (κ3) is 2.46. The predicted octanol–water partition coefficient (Wildman–Crippen LogP) is 2.55. The van der Waals surface area contributed by atoms with Gasteiger partial charge in [0.25, 0.3) is 10.0 Å². The Morgan fingerprint density at radius 3 is 2.50 bits per heavy atom. The first-order valence-corrected chi connectivity index (χ1v) is 9.15. The molecule has 0 N–H and O–H groups in total. The summed E-state index contributed by atoms with van der Waals surface area (Å²) in [7, 11) is -2.04. The van der Waals surface area contributed by atoms with Gasteiger partial charge < -0.3 is 0 Å². The molecule has 1 aromatic carbocycles. The zero-order chi connectivity index (χ0) is 18.3. The Morgan fingerprint density at radius 1 is 1.08 bits per heavy atom. The highest BCUT2D eigenvalue weighted by Gasteiger charge is 2.22. The van der Waals surface area contributed by atoms with Crippen molar-refractivity contribution in [3.05, 3.63) is 66.7 Å². The average molecular weight is 363 g/mol. The number of rotatable bonds is 3. The Balaban J connectivity index is 1.95. The molecule has 0 aliphatic heterocycles. The number of nitrogens with zero attached hydrogens (tertiary/aromatic N) is 5. The van der Waals surface area contributed by atoms with E-state index in [1.807, 2.05) is 6.20 Å². The van der Waals surface area contributed by atoms with Crippen molar-refractivity contribution < 1.29 is 8.42 Å². The molecule has 7 nitrogen and oxygen atoms in total. The molecule has 4 aromatic rings. The van der Waals surface area contributed by atoms with Gasteiger partial charge in [-0.1, -0.05) is 18.2 Å². The van der Waals surface area contributed by atoms with Gasteiger partial charge in [0.1, 0.15) is 6.07 Å². The Bertz CT molecular complexity index is 1260. The van der Waals surface area contributed by atoms with Gasteiger partial charge in [-0.25, -0.2) is 17.4 Å². The van der Waals surface area contributed by atoms with Crippen LogP contribution in [-0.4, -0.2) is 27.2 Å². The summed E-state index contributed by atoms with van der Waals surface area (Å²) in [4.78, 5) is 4.46. The molecule has 0 unspecified atom stereocenters. The second-order valence-electron chi connectivity index (χ2n) is 5.77. The van der Waals surface area contributed by atoms with Gasteiger partial charge in [0.05, 0.1) is 16.7 Å². The number of hydrogen-bond acceptors (Lipinski definition) is 5. The maximum atomic E-state index is 12.9. The number of aromatic nitrogens is 4. The van der Waals surface area contributed by atoms with Crippen LogP contribution in [0.25, 0.3) is 22.2 Å². The Hall–Kier alpha value is -3.44. The first-order chi connectivity index (χ1) is 12.5. The summed E-state index contributed by atoms with van der Waals surface area (Å²) in [6, 6.07) is 11.9. The number of benzene rings is 1. The first kappa shape index (κ1) is 16.1. The van der Waals surface area contributed by atoms with Gasteiger partial charge in [-0.2, -0.15) is 10.4 Å². The minimum absolute atomic E-state index is 0.138. The molecule has 0 radical (unpaired) electrons. The van der Waals surface area contributed by atoms with Crippen LogP contribution in [-0.2, 0) is 17.1 Å². The van der Waals surface area contributed by atoms with E-state index in [1.54, 1.807) is 48.4 Å². The molecular weight excluding hydrogens is 350 g/mol. The quantitative estimate of drug-likeness (QED) is 0.557. The lowest BCUT2D eigenvalue weighted by molar-refractivity contribution is 0.588. The number of hydrogen-bond donors (Lipinski definition) is 0. The number of aryl methyl sites for hydroxylation is 1. The Kier molecular flexibility index (Phi) is 3.60. The molecule has 128 valence electrons. The van der Waals surface area contributed by atoms with Crippen LogP contribution in [0.3, 0.4) is 0 Å². The Morgan fingerprint density at radius 2 is 1.85 bits per heavy atom. The van der Waals surface area contributed by atoms with Crippen molar-refractivity contribution in [3.8, 4) is 17.2 Å². The molecule has 0 amide bonds. The maximum Gasteiger partial charge on any atom is 0.269 e. The van der Waals surface area contributed by atoms with Gasteiger partial charge in [0, 0.05) is 42.2 Å². The lowest BCUT2D eigenvalue weighted by Gasteiger charge is -2.07. The zero-order valence-corrected chi connectivity index (χ0v) is 14.6. The molecule has 0 aliphatic carbocycles. The largest absolute Gasteiger partial charge is 0.275 e. The maximum absolute atomic E-state index is 12.9. The van der Waals surface area contributed by atoms with Crippen LogP contribution in [0.4, 0.5) is 0 Å². The van der Waals surface area contributed by atoms with Crippen LogP contribution >= 0.6 is 0 Å². The third-order valence-corrected chi connectivity index (χ3v) is 5.73. The summed E-state index contributed by atoms with van der Waals surface area (Å²) in [5, 5.41) is 14.1. The SMILES string of the molecule is Cn1cc(-c2cnc3c(c2)c(C#N)cn3S(=O)(=O)c2ccccc2)cn1. The second-order valence-corrected chi connectivity index (χ2v) is 7.58. The van der Waals surface area contributed by atoms with Crippen LogP contribution in [0.1, 0.15) is 5.56 Å². The fraction of sp³-hybridized carbons (Fsp3) is 0.0556. The standard InChI is InChI=1S/C18H13N5O2S/c1-22-11-15(10-21-22)13-7-17-14(8-19)12-23(18(17)20-9-13)26(24,25)16-5-3-2-4-6-16/h2-7,9-12H,1H3. The second kappa shape index (κ2) is 5.82. The highest BCUT2D eigenvalue weighted by molar-refractivity contribution is 7.90. The van der Waals surface area contributed by atoms with Crippen LogP contribution in [0.2, 0.25) is 0 Å². The van der Waals surface area contributed by atoms with E-state index in [1.165, 1.54) is 18.3 Å². The minimum atomic E-state index is -3.84. The van der Waals surface area contributed by atoms with Crippen LogP contribution < -0.4 is 0 Å². The van der Waals surface area contributed by atoms with E-state index in [2.05, 4.69) is 16.2 Å². The van der Waals surface area contributed by atoms with Gasteiger partial charge in [0.2, 0.25) is 0 Å². The summed E-state index contributed by atoms with van der Waals surface area (Å²) in [6.07, 6.45) is 6.41. The molecule has 0 saturated carbocycles. The molecule has 0 saturated heterocycles. The summed E-state index contributed by atoms with van der Waals surface area (Å²) in [5.41, 5.74) is 2.07. The summed E-state index contributed by atoms with van der Waals surface area (Å²) < 4.78 is 28.6. The number of nitriles is 1. The van der Waals surface area contributed by atoms with Crippen molar-refractivity contribution in [2.24, 2.45) is 7.05 Å². The molecule has 26 heavy (non-hydrogen) atoms. The summed E-state index contributed by atoms with van der Waals surface area (Å²) >= 11 is 0. The summed E-state index contributed by atoms with van der Waals surface area (Å²) in [6.45, 7) is 0. The highest BCUT2D eigenvalue weighted by atomic mass is 32.2. The van der Waals surface area contributed by atoms with Crippen molar-refractivity contribution in [3.63, 3.8) is 0 Å². The molecule has 0 spiro atoms. The van der Waals surface area contributed by atoms with Crippen molar-refractivity contribution >= 4 is 21.1 Å². The van der Waals surface area contributed by atoms with Crippen molar-refractivity contribution in [2.45, 2.75) is 4.90 Å². The number of pyridine rings is 1. The van der Waals surface area contributed by atoms with E-state index >= 15 is 0 Å². The molecule has 4 rings (SSSR count). The lowest BCUT2D eigenvalue weighted by Crippen LogP contribution is -2.12. The zero-order valence-electron chi connectivity index (χ0n) is 13.7. The van der Waals surface area contributed by atoms with E-state index in [4.69, 9.17) is 0 Å². The van der Waals surface area contributed by atoms with Crippen LogP contribution in [0.5, 0.6) is 0 Å².